The normalized spacial score (nSPS) is 18.1. The zero-order valence-corrected chi connectivity index (χ0v) is 19.8. The van der Waals surface area contributed by atoms with Crippen LogP contribution in [0.15, 0.2) is 66.7 Å². The van der Waals surface area contributed by atoms with Gasteiger partial charge in [0.15, 0.2) is 0 Å². The minimum atomic E-state index is -0.378. The van der Waals surface area contributed by atoms with Crippen molar-refractivity contribution < 1.29 is 24.1 Å². The first kappa shape index (κ1) is 23.2. The third-order valence-corrected chi connectivity index (χ3v) is 6.76. The fourth-order valence-electron chi connectivity index (χ4n) is 4.92. The van der Waals surface area contributed by atoms with E-state index in [-0.39, 0.29) is 30.2 Å². The molecule has 0 amide bonds. The van der Waals surface area contributed by atoms with Crippen LogP contribution in [0.1, 0.15) is 36.1 Å². The van der Waals surface area contributed by atoms with Gasteiger partial charge in [-0.15, -0.1) is 0 Å². The summed E-state index contributed by atoms with van der Waals surface area (Å²) in [5.41, 5.74) is 5.09. The Morgan fingerprint density at radius 2 is 1.69 bits per heavy atom. The third kappa shape index (κ3) is 4.84. The predicted molar refractivity (Wildman–Crippen MR) is 135 cm³/mol. The number of alkyl halides is 1. The molecule has 182 valence electrons. The Morgan fingerprint density at radius 1 is 0.971 bits per heavy atom. The summed E-state index contributed by atoms with van der Waals surface area (Å²) in [7, 11) is 0. The van der Waals surface area contributed by atoms with Gasteiger partial charge in [0.05, 0.1) is 6.67 Å². The minimum Gasteiger partial charge on any atom is -0.508 e. The average Bonchev–Trinajstić information content (AvgIpc) is 2.85. The highest BCUT2D eigenvalue weighted by Gasteiger charge is 2.31. The molecule has 0 aromatic heterocycles. The van der Waals surface area contributed by atoms with E-state index in [2.05, 4.69) is 11.8 Å². The van der Waals surface area contributed by atoms with Crippen LogP contribution >= 0.6 is 0 Å². The number of benzene rings is 3. The zero-order chi connectivity index (χ0) is 24.4. The highest BCUT2D eigenvalue weighted by molar-refractivity contribution is 5.96. The minimum absolute atomic E-state index is 0.162. The van der Waals surface area contributed by atoms with Gasteiger partial charge in [0.25, 0.3) is 0 Å². The Morgan fingerprint density at radius 3 is 2.37 bits per heavy atom. The monoisotopic (exact) mass is 475 g/mol. The van der Waals surface area contributed by atoms with Crippen molar-refractivity contribution in [3.05, 3.63) is 83.4 Å². The van der Waals surface area contributed by atoms with Crippen molar-refractivity contribution in [2.75, 3.05) is 32.9 Å². The van der Waals surface area contributed by atoms with Crippen LogP contribution in [0.2, 0.25) is 0 Å². The molecule has 2 N–H and O–H groups in total. The lowest BCUT2D eigenvalue weighted by atomic mass is 9.84. The lowest BCUT2D eigenvalue weighted by Crippen LogP contribution is -2.49. The molecule has 5 rings (SSSR count). The van der Waals surface area contributed by atoms with Crippen LogP contribution in [0.3, 0.4) is 0 Å². The summed E-state index contributed by atoms with van der Waals surface area (Å²) in [6.07, 6.45) is 0.408. The first-order chi connectivity index (χ1) is 17.1. The van der Waals surface area contributed by atoms with E-state index in [0.29, 0.717) is 12.4 Å². The maximum Gasteiger partial charge on any atom is 0.150 e. The highest BCUT2D eigenvalue weighted by Crippen LogP contribution is 2.48. The quantitative estimate of drug-likeness (QED) is 0.429. The van der Waals surface area contributed by atoms with Crippen molar-refractivity contribution in [3.63, 3.8) is 0 Å². The van der Waals surface area contributed by atoms with Gasteiger partial charge in [0, 0.05) is 42.8 Å². The summed E-state index contributed by atoms with van der Waals surface area (Å²) in [6.45, 7) is 4.83. The van der Waals surface area contributed by atoms with Gasteiger partial charge in [-0.2, -0.15) is 0 Å². The van der Waals surface area contributed by atoms with Crippen molar-refractivity contribution in [2.45, 2.75) is 19.4 Å². The van der Waals surface area contributed by atoms with Crippen LogP contribution in [-0.4, -0.2) is 48.0 Å². The number of aromatic hydroxyl groups is 2. The summed E-state index contributed by atoms with van der Waals surface area (Å²) in [6, 6.07) is 20.3. The Balaban J connectivity index is 1.40. The van der Waals surface area contributed by atoms with Gasteiger partial charge in [-0.1, -0.05) is 31.2 Å². The molecule has 0 unspecified atom stereocenters. The molecule has 5 nitrogen and oxygen atoms in total. The Hall–Kier alpha value is -3.51. The second kappa shape index (κ2) is 10.0. The van der Waals surface area contributed by atoms with E-state index in [1.165, 1.54) is 0 Å². The molecule has 0 aliphatic carbocycles. The summed E-state index contributed by atoms with van der Waals surface area (Å²) in [4.78, 5) is 2.20. The Labute approximate surface area is 205 Å². The smallest absolute Gasteiger partial charge is 0.150 e. The fraction of sp³-hybridized carbons (Fsp3) is 0.310. The SMILES string of the molecule is CCC1=C(c2ccc(O)cc2)[C@@H](c2ccc(OCCN3CC(CF)C3)cc2)Oc2cc(O)ccc21. The van der Waals surface area contributed by atoms with Crippen molar-refractivity contribution >= 4 is 11.1 Å². The van der Waals surface area contributed by atoms with E-state index in [4.69, 9.17) is 9.47 Å². The molecule has 1 atom stereocenters. The second-order valence-electron chi connectivity index (χ2n) is 9.17. The van der Waals surface area contributed by atoms with Crippen LogP contribution in [-0.2, 0) is 0 Å². The van der Waals surface area contributed by atoms with Crippen LogP contribution in [0.4, 0.5) is 4.39 Å². The lowest BCUT2D eigenvalue weighted by molar-refractivity contribution is 0.0668. The predicted octanol–water partition coefficient (Wildman–Crippen LogP) is 5.83. The molecule has 2 heterocycles. The number of phenols is 2. The van der Waals surface area contributed by atoms with Gasteiger partial charge in [0.1, 0.15) is 35.7 Å². The Kier molecular flexibility index (Phi) is 6.64. The first-order valence-corrected chi connectivity index (χ1v) is 12.1. The topological polar surface area (TPSA) is 62.2 Å². The third-order valence-electron chi connectivity index (χ3n) is 6.76. The number of fused-ring (bicyclic) bond motifs is 1. The van der Waals surface area contributed by atoms with Gasteiger partial charge in [-0.25, -0.2) is 0 Å². The van der Waals surface area contributed by atoms with Crippen molar-refractivity contribution in [1.82, 2.24) is 4.90 Å². The molecule has 0 spiro atoms. The largest absolute Gasteiger partial charge is 0.508 e. The number of ether oxygens (including phenoxy) is 2. The fourth-order valence-corrected chi connectivity index (χ4v) is 4.92. The molecule has 3 aromatic carbocycles. The van der Waals surface area contributed by atoms with Crippen molar-refractivity contribution in [2.24, 2.45) is 5.92 Å². The molecule has 2 aliphatic rings. The summed E-state index contributed by atoms with van der Waals surface area (Å²) < 4.78 is 25.0. The van der Waals surface area contributed by atoms with E-state index in [1.54, 1.807) is 24.3 Å². The standard InChI is InChI=1S/C29H30FNO4/c1-2-25-26-12-9-23(33)15-27(26)35-29(28(25)20-3-7-22(32)8-4-20)21-5-10-24(11-6-21)34-14-13-31-17-19(16-30)18-31/h3-12,15,19,29,32-33H,2,13-14,16-18H2,1H3/t29-/m1/s1. The number of allylic oxidation sites excluding steroid dienone is 1. The number of likely N-dealkylation sites (tertiary alicyclic amines) is 1. The molecule has 35 heavy (non-hydrogen) atoms. The van der Waals surface area contributed by atoms with Gasteiger partial charge in [-0.3, -0.25) is 9.29 Å². The number of hydrogen-bond donors (Lipinski definition) is 2. The molecule has 0 radical (unpaired) electrons. The molecular formula is C29H30FNO4. The number of hydrogen-bond acceptors (Lipinski definition) is 5. The van der Waals surface area contributed by atoms with Crippen LogP contribution < -0.4 is 9.47 Å². The van der Waals surface area contributed by atoms with Gasteiger partial charge in [0.2, 0.25) is 0 Å². The highest BCUT2D eigenvalue weighted by atomic mass is 19.1. The van der Waals surface area contributed by atoms with Crippen LogP contribution in [0, 0.1) is 5.92 Å². The summed E-state index contributed by atoms with van der Waals surface area (Å²) >= 11 is 0. The average molecular weight is 476 g/mol. The van der Waals surface area contributed by atoms with E-state index in [9.17, 15) is 14.6 Å². The molecular weight excluding hydrogens is 445 g/mol. The van der Waals surface area contributed by atoms with Gasteiger partial charge < -0.3 is 19.7 Å². The van der Waals surface area contributed by atoms with Crippen LogP contribution in [0.5, 0.6) is 23.0 Å². The number of nitrogens with zero attached hydrogens (tertiary/aromatic N) is 1. The van der Waals surface area contributed by atoms with Crippen LogP contribution in [0.25, 0.3) is 11.1 Å². The molecule has 1 saturated heterocycles. The molecule has 3 aromatic rings. The molecule has 2 aliphatic heterocycles. The number of halogens is 1. The van der Waals surface area contributed by atoms with E-state index >= 15 is 0 Å². The maximum atomic E-state index is 12.6. The van der Waals surface area contributed by atoms with Gasteiger partial charge >= 0.3 is 0 Å². The van der Waals surface area contributed by atoms with Crippen molar-refractivity contribution in [1.29, 1.82) is 0 Å². The van der Waals surface area contributed by atoms with E-state index < -0.39 is 0 Å². The first-order valence-electron chi connectivity index (χ1n) is 12.1. The molecule has 0 saturated carbocycles. The summed E-state index contributed by atoms with van der Waals surface area (Å²) in [5, 5.41) is 19.9. The molecule has 0 bridgehead atoms. The van der Waals surface area contributed by atoms with E-state index in [0.717, 1.165) is 59.6 Å². The molecule has 1 fully saturated rings. The number of phenolic OH excluding ortho intramolecular Hbond substituents is 2. The number of rotatable bonds is 8. The van der Waals surface area contributed by atoms with Crippen molar-refractivity contribution in [3.8, 4) is 23.0 Å². The van der Waals surface area contributed by atoms with Gasteiger partial charge in [-0.05, 0) is 59.5 Å². The molecule has 6 heteroatoms. The van der Waals surface area contributed by atoms with E-state index in [1.807, 2.05) is 42.5 Å². The lowest BCUT2D eigenvalue weighted by Gasteiger charge is -2.37. The second-order valence-corrected chi connectivity index (χ2v) is 9.17. The summed E-state index contributed by atoms with van der Waals surface area (Å²) in [5.74, 6) is 1.98. The Bertz CT molecular complexity index is 1200. The maximum absolute atomic E-state index is 12.6. The zero-order valence-electron chi connectivity index (χ0n) is 19.8.